The summed E-state index contributed by atoms with van der Waals surface area (Å²) in [5.41, 5.74) is 0. The van der Waals surface area contributed by atoms with E-state index in [2.05, 4.69) is 23.3 Å². The van der Waals surface area contributed by atoms with E-state index >= 15 is 0 Å². The van der Waals surface area contributed by atoms with Gasteiger partial charge in [-0.1, -0.05) is 0 Å². The summed E-state index contributed by atoms with van der Waals surface area (Å²) in [6, 6.07) is 2.16. The molecular weight excluding hydrogens is 198 g/mol. The molecule has 2 rings (SSSR count). The van der Waals surface area contributed by atoms with E-state index in [-0.39, 0.29) is 0 Å². The number of hydrogen-bond acceptors (Lipinski definition) is 3. The molecule has 1 aromatic heterocycles. The van der Waals surface area contributed by atoms with Crippen molar-refractivity contribution in [3.05, 3.63) is 12.3 Å². The standard InChI is InChI=1S/C9H15N3OS/c1-8(2)12-5-4-9(10-12)11-14(13)6-3-7-14/h4-5,8H,3,6-7H2,1-2H3. The Morgan fingerprint density at radius 3 is 2.71 bits per heavy atom. The molecule has 1 aliphatic rings. The van der Waals surface area contributed by atoms with Crippen molar-refractivity contribution in [2.45, 2.75) is 26.3 Å². The fourth-order valence-electron chi connectivity index (χ4n) is 1.32. The summed E-state index contributed by atoms with van der Waals surface area (Å²) in [5.74, 6) is 2.09. The van der Waals surface area contributed by atoms with Crippen molar-refractivity contribution in [1.29, 1.82) is 0 Å². The van der Waals surface area contributed by atoms with Crippen molar-refractivity contribution in [3.8, 4) is 0 Å². The molecule has 1 aromatic rings. The Morgan fingerprint density at radius 1 is 1.57 bits per heavy atom. The maximum absolute atomic E-state index is 11.8. The largest absolute Gasteiger partial charge is 0.268 e. The van der Waals surface area contributed by atoms with Crippen LogP contribution < -0.4 is 0 Å². The minimum absolute atomic E-state index is 0.331. The third-order valence-electron chi connectivity index (χ3n) is 2.31. The highest BCUT2D eigenvalue weighted by Gasteiger charge is 2.19. The first-order valence-electron chi connectivity index (χ1n) is 4.87. The molecule has 0 unspecified atom stereocenters. The summed E-state index contributed by atoms with van der Waals surface area (Å²) in [4.78, 5) is 0. The SMILES string of the molecule is CC(C)n1ccc(N=S2(=O)CCC2)n1. The van der Waals surface area contributed by atoms with E-state index in [1.165, 1.54) is 0 Å². The minimum Gasteiger partial charge on any atom is -0.268 e. The van der Waals surface area contributed by atoms with E-state index in [0.29, 0.717) is 11.9 Å². The lowest BCUT2D eigenvalue weighted by Crippen LogP contribution is -2.23. The van der Waals surface area contributed by atoms with Crippen molar-refractivity contribution in [2.24, 2.45) is 4.36 Å². The maximum Gasteiger partial charge on any atom is 0.183 e. The van der Waals surface area contributed by atoms with Crippen LogP contribution >= 0.6 is 0 Å². The van der Waals surface area contributed by atoms with Gasteiger partial charge in [0, 0.05) is 29.8 Å². The van der Waals surface area contributed by atoms with Gasteiger partial charge in [0.2, 0.25) is 0 Å². The van der Waals surface area contributed by atoms with Crippen LogP contribution in [0, 0.1) is 0 Å². The van der Waals surface area contributed by atoms with E-state index < -0.39 is 9.73 Å². The summed E-state index contributed by atoms with van der Waals surface area (Å²) < 4.78 is 17.8. The van der Waals surface area contributed by atoms with Gasteiger partial charge in [-0.25, -0.2) is 4.21 Å². The third-order valence-corrected chi connectivity index (χ3v) is 4.68. The van der Waals surface area contributed by atoms with Crippen LogP contribution in [-0.2, 0) is 9.73 Å². The molecule has 1 saturated heterocycles. The summed E-state index contributed by atoms with van der Waals surface area (Å²) in [7, 11) is -1.91. The summed E-state index contributed by atoms with van der Waals surface area (Å²) >= 11 is 0. The van der Waals surface area contributed by atoms with Gasteiger partial charge in [0.1, 0.15) is 0 Å². The van der Waals surface area contributed by atoms with Crippen molar-refractivity contribution < 1.29 is 4.21 Å². The van der Waals surface area contributed by atoms with Gasteiger partial charge >= 0.3 is 0 Å². The minimum atomic E-state index is -1.91. The Hall–Kier alpha value is -0.840. The molecule has 0 radical (unpaired) electrons. The lowest BCUT2D eigenvalue weighted by Gasteiger charge is -2.16. The summed E-state index contributed by atoms with van der Waals surface area (Å²) in [6.45, 7) is 4.11. The first-order valence-corrected chi connectivity index (χ1v) is 6.72. The third kappa shape index (κ3) is 1.82. The van der Waals surface area contributed by atoms with E-state index in [4.69, 9.17) is 0 Å². The topological polar surface area (TPSA) is 47.2 Å². The van der Waals surface area contributed by atoms with Gasteiger partial charge in [-0.3, -0.25) is 4.68 Å². The molecule has 78 valence electrons. The predicted molar refractivity (Wildman–Crippen MR) is 57.2 cm³/mol. The van der Waals surface area contributed by atoms with Gasteiger partial charge in [0.15, 0.2) is 5.82 Å². The van der Waals surface area contributed by atoms with Crippen molar-refractivity contribution in [2.75, 3.05) is 11.5 Å². The molecule has 0 N–H and O–H groups in total. The van der Waals surface area contributed by atoms with Gasteiger partial charge < -0.3 is 0 Å². The molecule has 4 nitrogen and oxygen atoms in total. The van der Waals surface area contributed by atoms with Gasteiger partial charge in [-0.15, -0.1) is 0 Å². The molecule has 0 aliphatic carbocycles. The van der Waals surface area contributed by atoms with Crippen LogP contribution in [0.3, 0.4) is 0 Å². The quantitative estimate of drug-likeness (QED) is 0.754. The molecule has 0 bridgehead atoms. The molecule has 0 atom stereocenters. The maximum atomic E-state index is 11.8. The molecule has 1 fully saturated rings. The monoisotopic (exact) mass is 213 g/mol. The Labute approximate surface area is 84.5 Å². The lowest BCUT2D eigenvalue weighted by molar-refractivity contribution is 0.533. The van der Waals surface area contributed by atoms with Gasteiger partial charge in [0.05, 0.1) is 9.73 Å². The highest BCUT2D eigenvalue weighted by Crippen LogP contribution is 2.20. The number of rotatable bonds is 2. The van der Waals surface area contributed by atoms with Crippen molar-refractivity contribution in [3.63, 3.8) is 0 Å². The average Bonchev–Trinajstić information content (AvgIpc) is 2.50. The highest BCUT2D eigenvalue weighted by atomic mass is 32.2. The molecule has 0 saturated carbocycles. The first-order chi connectivity index (χ1) is 6.59. The highest BCUT2D eigenvalue weighted by molar-refractivity contribution is 7.95. The second-order valence-corrected chi connectivity index (χ2v) is 6.42. The van der Waals surface area contributed by atoms with Gasteiger partial charge in [-0.2, -0.15) is 9.46 Å². The summed E-state index contributed by atoms with van der Waals surface area (Å²) in [5, 5.41) is 4.25. The Kier molecular flexibility index (Phi) is 2.34. The second kappa shape index (κ2) is 3.38. The van der Waals surface area contributed by atoms with E-state index in [1.54, 1.807) is 0 Å². The van der Waals surface area contributed by atoms with Crippen LogP contribution in [0.2, 0.25) is 0 Å². The molecule has 0 aromatic carbocycles. The van der Waals surface area contributed by atoms with E-state index in [9.17, 15) is 4.21 Å². The fraction of sp³-hybridized carbons (Fsp3) is 0.667. The predicted octanol–water partition coefficient (Wildman–Crippen LogP) is 1.97. The zero-order valence-corrected chi connectivity index (χ0v) is 9.33. The van der Waals surface area contributed by atoms with Crippen LogP contribution in [0.15, 0.2) is 16.6 Å². The first kappa shape index (κ1) is 9.71. The van der Waals surface area contributed by atoms with Crippen LogP contribution in [0.5, 0.6) is 0 Å². The second-order valence-electron chi connectivity index (χ2n) is 3.87. The Morgan fingerprint density at radius 2 is 2.29 bits per heavy atom. The lowest BCUT2D eigenvalue weighted by atomic mass is 10.4. The number of nitrogens with zero attached hydrogens (tertiary/aromatic N) is 3. The van der Waals surface area contributed by atoms with Crippen LogP contribution in [-0.4, -0.2) is 25.5 Å². The Balaban J connectivity index is 2.26. The molecule has 1 aliphatic heterocycles. The molecular formula is C9H15N3OS. The molecule has 5 heteroatoms. The van der Waals surface area contributed by atoms with Crippen LogP contribution in [0.1, 0.15) is 26.3 Å². The molecule has 2 heterocycles. The molecule has 14 heavy (non-hydrogen) atoms. The van der Waals surface area contributed by atoms with Crippen LogP contribution in [0.25, 0.3) is 0 Å². The fourth-order valence-corrected chi connectivity index (χ4v) is 2.72. The van der Waals surface area contributed by atoms with Gasteiger partial charge in [-0.05, 0) is 20.3 Å². The zero-order chi connectivity index (χ0) is 10.2. The zero-order valence-electron chi connectivity index (χ0n) is 8.51. The molecule has 0 spiro atoms. The van der Waals surface area contributed by atoms with E-state index in [0.717, 1.165) is 17.9 Å². The van der Waals surface area contributed by atoms with Crippen LogP contribution in [0.4, 0.5) is 5.82 Å². The number of hydrogen-bond donors (Lipinski definition) is 0. The van der Waals surface area contributed by atoms with Gasteiger partial charge in [0.25, 0.3) is 0 Å². The normalized spacial score (nSPS) is 19.4. The smallest absolute Gasteiger partial charge is 0.183 e. The van der Waals surface area contributed by atoms with Crippen molar-refractivity contribution >= 4 is 15.5 Å². The average molecular weight is 213 g/mol. The Bertz CT molecular complexity index is 431. The van der Waals surface area contributed by atoms with E-state index in [1.807, 2.05) is 16.9 Å². The summed E-state index contributed by atoms with van der Waals surface area (Å²) in [6.07, 6.45) is 2.91. The molecule has 0 amide bonds. The van der Waals surface area contributed by atoms with Crippen molar-refractivity contribution in [1.82, 2.24) is 9.78 Å². The number of aromatic nitrogens is 2.